The highest BCUT2D eigenvalue weighted by Gasteiger charge is 2.07. The van der Waals surface area contributed by atoms with Gasteiger partial charge in [-0.05, 0) is 41.8 Å². The Morgan fingerprint density at radius 2 is 1.55 bits per heavy atom. The molecule has 0 atom stereocenters. The van der Waals surface area contributed by atoms with Crippen molar-refractivity contribution < 1.29 is 14.3 Å². The summed E-state index contributed by atoms with van der Waals surface area (Å²) in [6, 6.07) is 28.6. The predicted molar refractivity (Wildman–Crippen MR) is 124 cm³/mol. The highest BCUT2D eigenvalue weighted by molar-refractivity contribution is 6.31. The molecular formula is C26H22ClNO3. The van der Waals surface area contributed by atoms with Crippen LogP contribution in [0.1, 0.15) is 15.9 Å². The van der Waals surface area contributed by atoms with E-state index < -0.39 is 0 Å². The van der Waals surface area contributed by atoms with Gasteiger partial charge in [-0.2, -0.15) is 0 Å². The molecule has 31 heavy (non-hydrogen) atoms. The lowest BCUT2D eigenvalue weighted by Crippen LogP contribution is -2.28. The van der Waals surface area contributed by atoms with Crippen molar-refractivity contribution in [2.75, 3.05) is 13.2 Å². The maximum absolute atomic E-state index is 12.4. The average Bonchev–Trinajstić information content (AvgIpc) is 2.81. The van der Waals surface area contributed by atoms with Crippen LogP contribution in [0.4, 0.5) is 0 Å². The summed E-state index contributed by atoms with van der Waals surface area (Å²) < 4.78 is 11.6. The lowest BCUT2D eigenvalue weighted by molar-refractivity contribution is 0.0947. The van der Waals surface area contributed by atoms with E-state index in [1.54, 1.807) is 24.3 Å². The Morgan fingerprint density at radius 1 is 0.806 bits per heavy atom. The van der Waals surface area contributed by atoms with Crippen LogP contribution in [0.25, 0.3) is 10.8 Å². The third kappa shape index (κ3) is 5.36. The molecule has 0 radical (unpaired) electrons. The number of rotatable bonds is 8. The third-order valence-electron chi connectivity index (χ3n) is 4.86. The van der Waals surface area contributed by atoms with Crippen LogP contribution in [0.5, 0.6) is 11.5 Å². The Bertz CT molecular complexity index is 1170. The Balaban J connectivity index is 1.25. The van der Waals surface area contributed by atoms with Gasteiger partial charge in [-0.3, -0.25) is 4.79 Å². The van der Waals surface area contributed by atoms with Crippen LogP contribution in [0, 0.1) is 0 Å². The van der Waals surface area contributed by atoms with Crippen molar-refractivity contribution in [3.63, 3.8) is 0 Å². The van der Waals surface area contributed by atoms with Crippen LogP contribution in [0.3, 0.4) is 0 Å². The van der Waals surface area contributed by atoms with Crippen LogP contribution < -0.4 is 14.8 Å². The number of nitrogens with one attached hydrogen (secondary N) is 1. The first-order chi connectivity index (χ1) is 15.2. The maximum atomic E-state index is 12.4. The number of ether oxygens (including phenoxy) is 2. The van der Waals surface area contributed by atoms with Gasteiger partial charge in [0.05, 0.1) is 6.54 Å². The zero-order valence-electron chi connectivity index (χ0n) is 16.9. The second kappa shape index (κ2) is 10.0. The van der Waals surface area contributed by atoms with Gasteiger partial charge in [0, 0.05) is 21.5 Å². The first kappa shape index (κ1) is 20.8. The molecule has 0 heterocycles. The Kier molecular flexibility index (Phi) is 6.70. The van der Waals surface area contributed by atoms with Gasteiger partial charge in [-0.15, -0.1) is 0 Å². The van der Waals surface area contributed by atoms with E-state index in [0.717, 1.165) is 22.1 Å². The molecule has 4 aromatic rings. The molecule has 0 bridgehead atoms. The third-order valence-corrected chi connectivity index (χ3v) is 5.23. The molecule has 4 aromatic carbocycles. The number of amides is 1. The monoisotopic (exact) mass is 431 g/mol. The van der Waals surface area contributed by atoms with Crippen molar-refractivity contribution >= 4 is 28.3 Å². The lowest BCUT2D eigenvalue weighted by Gasteiger charge is -2.11. The van der Waals surface area contributed by atoms with E-state index in [0.29, 0.717) is 36.1 Å². The number of carbonyl (C=O) groups is 1. The second-order valence-corrected chi connectivity index (χ2v) is 7.39. The molecule has 0 unspecified atom stereocenters. The summed E-state index contributed by atoms with van der Waals surface area (Å²) in [7, 11) is 0. The zero-order valence-corrected chi connectivity index (χ0v) is 17.6. The van der Waals surface area contributed by atoms with Gasteiger partial charge >= 0.3 is 0 Å². The average molecular weight is 432 g/mol. The molecule has 0 saturated carbocycles. The van der Waals surface area contributed by atoms with E-state index in [1.165, 1.54) is 0 Å². The van der Waals surface area contributed by atoms with Crippen LogP contribution in [-0.2, 0) is 6.61 Å². The van der Waals surface area contributed by atoms with Crippen molar-refractivity contribution in [3.8, 4) is 11.5 Å². The number of hydrogen-bond donors (Lipinski definition) is 1. The molecule has 0 aliphatic carbocycles. The number of carbonyl (C=O) groups excluding carboxylic acids is 1. The van der Waals surface area contributed by atoms with Crippen molar-refractivity contribution in [3.05, 3.63) is 107 Å². The van der Waals surface area contributed by atoms with Crippen molar-refractivity contribution in [2.24, 2.45) is 0 Å². The zero-order chi connectivity index (χ0) is 21.5. The molecule has 1 N–H and O–H groups in total. The summed E-state index contributed by atoms with van der Waals surface area (Å²) >= 11 is 6.14. The minimum absolute atomic E-state index is 0.154. The molecule has 0 spiro atoms. The normalized spacial score (nSPS) is 10.6. The van der Waals surface area contributed by atoms with E-state index in [4.69, 9.17) is 21.1 Å². The first-order valence-electron chi connectivity index (χ1n) is 10.1. The molecule has 5 heteroatoms. The minimum atomic E-state index is -0.154. The molecular weight excluding hydrogens is 410 g/mol. The molecule has 1 amide bonds. The Morgan fingerprint density at radius 3 is 2.39 bits per heavy atom. The van der Waals surface area contributed by atoms with Gasteiger partial charge in [0.1, 0.15) is 24.7 Å². The number of halogens is 1. The van der Waals surface area contributed by atoms with Gasteiger partial charge in [-0.25, -0.2) is 0 Å². The smallest absolute Gasteiger partial charge is 0.251 e. The fourth-order valence-electron chi connectivity index (χ4n) is 3.23. The van der Waals surface area contributed by atoms with E-state index in [1.807, 2.05) is 66.7 Å². The van der Waals surface area contributed by atoms with Gasteiger partial charge in [0.2, 0.25) is 0 Å². The summed E-state index contributed by atoms with van der Waals surface area (Å²) in [6.45, 7) is 1.17. The highest BCUT2D eigenvalue weighted by atomic mass is 35.5. The van der Waals surface area contributed by atoms with E-state index >= 15 is 0 Å². The Labute approximate surface area is 186 Å². The van der Waals surface area contributed by atoms with Gasteiger partial charge in [0.15, 0.2) is 0 Å². The summed E-state index contributed by atoms with van der Waals surface area (Å²) in [6.07, 6.45) is 0. The quantitative estimate of drug-likeness (QED) is 0.354. The molecule has 4 nitrogen and oxygen atoms in total. The lowest BCUT2D eigenvalue weighted by atomic mass is 10.1. The molecule has 4 rings (SSSR count). The highest BCUT2D eigenvalue weighted by Crippen LogP contribution is 2.25. The molecule has 0 aliphatic rings. The maximum Gasteiger partial charge on any atom is 0.251 e. The Hall–Kier alpha value is -3.50. The molecule has 0 fully saturated rings. The molecule has 156 valence electrons. The van der Waals surface area contributed by atoms with Gasteiger partial charge < -0.3 is 14.8 Å². The standard InChI is InChI=1S/C26H22ClNO3/c27-24-10-4-2-7-21(24)18-31-22-14-12-20(13-15-22)26(29)28-16-17-30-25-11-5-8-19-6-1-3-9-23(19)25/h1-15H,16-18H2,(H,28,29). The number of fused-ring (bicyclic) bond motifs is 1. The van der Waals surface area contributed by atoms with Gasteiger partial charge in [-0.1, -0.05) is 66.2 Å². The summed E-state index contributed by atoms with van der Waals surface area (Å²) in [5, 5.41) is 5.74. The number of hydrogen-bond acceptors (Lipinski definition) is 3. The first-order valence-corrected chi connectivity index (χ1v) is 10.4. The van der Waals surface area contributed by atoms with Crippen LogP contribution >= 0.6 is 11.6 Å². The van der Waals surface area contributed by atoms with Crippen molar-refractivity contribution in [1.29, 1.82) is 0 Å². The van der Waals surface area contributed by atoms with Crippen molar-refractivity contribution in [2.45, 2.75) is 6.61 Å². The van der Waals surface area contributed by atoms with Crippen molar-refractivity contribution in [1.82, 2.24) is 5.32 Å². The largest absolute Gasteiger partial charge is 0.491 e. The molecule has 0 aromatic heterocycles. The van der Waals surface area contributed by atoms with E-state index in [9.17, 15) is 4.79 Å². The van der Waals surface area contributed by atoms with Crippen LogP contribution in [-0.4, -0.2) is 19.1 Å². The van der Waals surface area contributed by atoms with E-state index in [2.05, 4.69) is 5.32 Å². The molecule has 0 saturated heterocycles. The van der Waals surface area contributed by atoms with Crippen LogP contribution in [0.2, 0.25) is 5.02 Å². The van der Waals surface area contributed by atoms with Crippen LogP contribution in [0.15, 0.2) is 91.0 Å². The minimum Gasteiger partial charge on any atom is -0.491 e. The summed E-state index contributed by atoms with van der Waals surface area (Å²) in [5.74, 6) is 1.34. The fourth-order valence-corrected chi connectivity index (χ4v) is 3.42. The predicted octanol–water partition coefficient (Wildman–Crippen LogP) is 5.88. The van der Waals surface area contributed by atoms with E-state index in [-0.39, 0.29) is 5.91 Å². The SMILES string of the molecule is O=C(NCCOc1cccc2ccccc12)c1ccc(OCc2ccccc2Cl)cc1. The number of benzene rings is 4. The fraction of sp³-hybridized carbons (Fsp3) is 0.115. The summed E-state index contributed by atoms with van der Waals surface area (Å²) in [5.41, 5.74) is 1.48. The topological polar surface area (TPSA) is 47.6 Å². The second-order valence-electron chi connectivity index (χ2n) is 6.99. The molecule has 0 aliphatic heterocycles. The van der Waals surface area contributed by atoms with Gasteiger partial charge in [0.25, 0.3) is 5.91 Å². The summed E-state index contributed by atoms with van der Waals surface area (Å²) in [4.78, 5) is 12.4.